The fraction of sp³-hybridized carbons (Fsp3) is 0.286. The van der Waals surface area contributed by atoms with Crippen molar-refractivity contribution >= 4 is 11.6 Å². The van der Waals surface area contributed by atoms with E-state index in [9.17, 15) is 0 Å². The predicted molar refractivity (Wildman–Crippen MR) is 72.1 cm³/mol. The van der Waals surface area contributed by atoms with Crippen molar-refractivity contribution in [2.75, 3.05) is 7.11 Å². The Balaban J connectivity index is 2.16. The van der Waals surface area contributed by atoms with Gasteiger partial charge in [0.15, 0.2) is 0 Å². The van der Waals surface area contributed by atoms with Gasteiger partial charge in [0.25, 0.3) is 0 Å². The van der Waals surface area contributed by atoms with Crippen molar-refractivity contribution in [1.29, 1.82) is 0 Å². The van der Waals surface area contributed by atoms with Crippen LogP contribution in [0, 0.1) is 6.92 Å². The number of methoxy groups -OCH3 is 1. The van der Waals surface area contributed by atoms with Crippen LogP contribution in [-0.2, 0) is 6.42 Å². The minimum atomic E-state index is -0.0924. The molecular formula is C14H15ClN2O. The van der Waals surface area contributed by atoms with Gasteiger partial charge >= 0.3 is 0 Å². The topological polar surface area (TPSA) is 35.0 Å². The number of hydrogen-bond acceptors (Lipinski definition) is 3. The summed E-state index contributed by atoms with van der Waals surface area (Å²) >= 11 is 6.39. The number of ether oxygens (including phenoxy) is 1. The molecule has 3 nitrogen and oxygen atoms in total. The van der Waals surface area contributed by atoms with Gasteiger partial charge in [0.05, 0.1) is 12.5 Å². The van der Waals surface area contributed by atoms with Gasteiger partial charge in [0, 0.05) is 18.2 Å². The molecule has 1 heterocycles. The Labute approximate surface area is 112 Å². The molecule has 0 saturated carbocycles. The first-order valence-electron chi connectivity index (χ1n) is 5.76. The molecule has 0 saturated heterocycles. The van der Waals surface area contributed by atoms with Gasteiger partial charge in [0.1, 0.15) is 5.82 Å². The van der Waals surface area contributed by atoms with Crippen molar-refractivity contribution in [3.8, 4) is 5.88 Å². The maximum Gasteiger partial charge on any atom is 0.216 e. The molecule has 1 atom stereocenters. The molecule has 0 aliphatic carbocycles. The lowest BCUT2D eigenvalue weighted by Gasteiger charge is -2.10. The van der Waals surface area contributed by atoms with Crippen molar-refractivity contribution in [1.82, 2.24) is 9.97 Å². The Hall–Kier alpha value is -1.61. The number of nitrogens with zero attached hydrogens (tertiary/aromatic N) is 2. The third-order valence-corrected chi connectivity index (χ3v) is 3.03. The van der Waals surface area contributed by atoms with Crippen molar-refractivity contribution in [2.45, 2.75) is 18.7 Å². The van der Waals surface area contributed by atoms with Crippen LogP contribution in [0.1, 0.15) is 22.5 Å². The van der Waals surface area contributed by atoms with Gasteiger partial charge in [-0.2, -0.15) is 4.98 Å². The van der Waals surface area contributed by atoms with E-state index in [0.29, 0.717) is 18.1 Å². The lowest BCUT2D eigenvalue weighted by molar-refractivity contribution is 0.394. The lowest BCUT2D eigenvalue weighted by Crippen LogP contribution is -2.02. The number of benzene rings is 1. The van der Waals surface area contributed by atoms with Gasteiger partial charge in [-0.05, 0) is 12.5 Å². The third kappa shape index (κ3) is 3.20. The lowest BCUT2D eigenvalue weighted by atomic mass is 10.1. The standard InChI is InChI=1S/C14H15ClN2O/c1-10-16-12(9-14(17-10)18-2)8-13(15)11-6-4-3-5-7-11/h3-7,9,13H,8H2,1-2H3. The van der Waals surface area contributed by atoms with Crippen molar-refractivity contribution in [2.24, 2.45) is 0 Å². The molecule has 2 rings (SSSR count). The predicted octanol–water partition coefficient (Wildman–Crippen LogP) is 3.32. The Morgan fingerprint density at radius 1 is 1.22 bits per heavy atom. The first-order valence-corrected chi connectivity index (χ1v) is 6.20. The summed E-state index contributed by atoms with van der Waals surface area (Å²) in [4.78, 5) is 8.53. The maximum absolute atomic E-state index is 6.39. The van der Waals surface area contributed by atoms with E-state index in [1.165, 1.54) is 0 Å². The van der Waals surface area contributed by atoms with Crippen LogP contribution in [0.3, 0.4) is 0 Å². The van der Waals surface area contributed by atoms with Crippen LogP contribution in [0.5, 0.6) is 5.88 Å². The van der Waals surface area contributed by atoms with E-state index >= 15 is 0 Å². The molecule has 4 heteroatoms. The molecule has 1 aromatic heterocycles. The number of rotatable bonds is 4. The highest BCUT2D eigenvalue weighted by Crippen LogP contribution is 2.24. The van der Waals surface area contributed by atoms with E-state index < -0.39 is 0 Å². The van der Waals surface area contributed by atoms with Crippen LogP contribution < -0.4 is 4.74 Å². The number of aryl methyl sites for hydroxylation is 1. The summed E-state index contributed by atoms with van der Waals surface area (Å²) in [6.45, 7) is 1.85. The largest absolute Gasteiger partial charge is 0.481 e. The molecular weight excluding hydrogens is 248 g/mol. The summed E-state index contributed by atoms with van der Waals surface area (Å²) in [5.41, 5.74) is 1.98. The van der Waals surface area contributed by atoms with E-state index in [1.54, 1.807) is 7.11 Å². The molecule has 0 amide bonds. The van der Waals surface area contributed by atoms with E-state index in [2.05, 4.69) is 9.97 Å². The number of hydrogen-bond donors (Lipinski definition) is 0. The van der Waals surface area contributed by atoms with Gasteiger partial charge in [0.2, 0.25) is 5.88 Å². The summed E-state index contributed by atoms with van der Waals surface area (Å²) < 4.78 is 5.13. The van der Waals surface area contributed by atoms with Crippen molar-refractivity contribution in [3.05, 3.63) is 53.5 Å². The number of alkyl halides is 1. The fourth-order valence-electron chi connectivity index (χ4n) is 1.77. The second-order valence-corrected chi connectivity index (χ2v) is 4.56. The SMILES string of the molecule is COc1cc(CC(Cl)c2ccccc2)nc(C)n1. The highest BCUT2D eigenvalue weighted by molar-refractivity contribution is 6.20. The molecule has 18 heavy (non-hydrogen) atoms. The van der Waals surface area contributed by atoms with E-state index in [4.69, 9.17) is 16.3 Å². The van der Waals surface area contributed by atoms with Crippen molar-refractivity contribution in [3.63, 3.8) is 0 Å². The number of halogens is 1. The monoisotopic (exact) mass is 262 g/mol. The summed E-state index contributed by atoms with van der Waals surface area (Å²) in [7, 11) is 1.60. The molecule has 0 N–H and O–H groups in total. The third-order valence-electron chi connectivity index (χ3n) is 2.63. The quantitative estimate of drug-likeness (QED) is 0.793. The zero-order valence-corrected chi connectivity index (χ0v) is 11.2. The molecule has 0 spiro atoms. The van der Waals surface area contributed by atoms with Crippen LogP contribution in [0.2, 0.25) is 0 Å². The fourth-order valence-corrected chi connectivity index (χ4v) is 2.08. The maximum atomic E-state index is 6.39. The zero-order valence-electron chi connectivity index (χ0n) is 10.4. The molecule has 0 radical (unpaired) electrons. The second kappa shape index (κ2) is 5.83. The van der Waals surface area contributed by atoms with Gasteiger partial charge < -0.3 is 4.74 Å². The smallest absolute Gasteiger partial charge is 0.216 e. The van der Waals surface area contributed by atoms with Gasteiger partial charge in [-0.1, -0.05) is 30.3 Å². The Bertz CT molecular complexity index is 516. The zero-order chi connectivity index (χ0) is 13.0. The Kier molecular flexibility index (Phi) is 4.15. The molecule has 0 aliphatic heterocycles. The van der Waals surface area contributed by atoms with Crippen LogP contribution in [-0.4, -0.2) is 17.1 Å². The highest BCUT2D eigenvalue weighted by atomic mass is 35.5. The normalized spacial score (nSPS) is 12.2. The molecule has 0 aliphatic rings. The first-order chi connectivity index (χ1) is 8.69. The summed E-state index contributed by atoms with van der Waals surface area (Å²) in [5.74, 6) is 1.27. The molecule has 94 valence electrons. The average molecular weight is 263 g/mol. The summed E-state index contributed by atoms with van der Waals surface area (Å²) in [6, 6.07) is 11.8. The van der Waals surface area contributed by atoms with Crippen LogP contribution in [0.4, 0.5) is 0 Å². The first kappa shape index (κ1) is 12.8. The average Bonchev–Trinajstić information content (AvgIpc) is 2.39. The van der Waals surface area contributed by atoms with E-state index in [-0.39, 0.29) is 5.38 Å². The summed E-state index contributed by atoms with van der Waals surface area (Å²) in [6.07, 6.45) is 0.658. The van der Waals surface area contributed by atoms with Crippen LogP contribution in [0.15, 0.2) is 36.4 Å². The van der Waals surface area contributed by atoms with Gasteiger partial charge in [-0.3, -0.25) is 0 Å². The van der Waals surface area contributed by atoms with E-state index in [1.807, 2.05) is 43.3 Å². The molecule has 1 unspecified atom stereocenters. The Morgan fingerprint density at radius 3 is 2.61 bits per heavy atom. The second-order valence-electron chi connectivity index (χ2n) is 4.03. The van der Waals surface area contributed by atoms with Crippen molar-refractivity contribution < 1.29 is 4.74 Å². The van der Waals surface area contributed by atoms with Gasteiger partial charge in [-0.25, -0.2) is 4.98 Å². The molecule has 0 bridgehead atoms. The minimum Gasteiger partial charge on any atom is -0.481 e. The summed E-state index contributed by atoms with van der Waals surface area (Å²) in [5, 5.41) is -0.0924. The molecule has 1 aromatic carbocycles. The minimum absolute atomic E-state index is 0.0924. The number of aromatic nitrogens is 2. The molecule has 2 aromatic rings. The highest BCUT2D eigenvalue weighted by Gasteiger charge is 2.11. The van der Waals surface area contributed by atoms with Crippen LogP contribution >= 0.6 is 11.6 Å². The molecule has 0 fully saturated rings. The van der Waals surface area contributed by atoms with Crippen LogP contribution in [0.25, 0.3) is 0 Å². The van der Waals surface area contributed by atoms with Gasteiger partial charge in [-0.15, -0.1) is 11.6 Å². The van der Waals surface area contributed by atoms with E-state index in [0.717, 1.165) is 11.3 Å². The Morgan fingerprint density at radius 2 is 1.94 bits per heavy atom.